The van der Waals surface area contributed by atoms with Gasteiger partial charge in [0, 0.05) is 55.7 Å². The van der Waals surface area contributed by atoms with Gasteiger partial charge in [-0.25, -0.2) is 19.2 Å². The molecule has 0 saturated carbocycles. The molecule has 1 aliphatic rings. The number of piperidine rings is 1. The lowest BCUT2D eigenvalue weighted by molar-refractivity contribution is 0.0640. The predicted octanol–water partition coefficient (Wildman–Crippen LogP) is 7.40. The van der Waals surface area contributed by atoms with Crippen LogP contribution in [0.2, 0.25) is 10.0 Å². The van der Waals surface area contributed by atoms with Crippen molar-refractivity contribution in [2.45, 2.75) is 25.6 Å². The van der Waals surface area contributed by atoms with Crippen molar-refractivity contribution >= 4 is 51.7 Å². The van der Waals surface area contributed by atoms with Crippen molar-refractivity contribution in [3.05, 3.63) is 94.7 Å². The van der Waals surface area contributed by atoms with Crippen molar-refractivity contribution in [1.82, 2.24) is 24.6 Å². The number of carbonyl (C=O) groups is 1. The fourth-order valence-electron chi connectivity index (χ4n) is 4.96. The minimum Gasteiger partial charge on any atom is -0.490 e. The number of nitrogens with one attached hydrogen (secondary N) is 1. The Kier molecular flexibility index (Phi) is 8.31. The topological polar surface area (TPSA) is 94.4 Å². The molecule has 1 aliphatic heterocycles. The van der Waals surface area contributed by atoms with Gasteiger partial charge < -0.3 is 19.7 Å². The Morgan fingerprint density at radius 3 is 2.63 bits per heavy atom. The normalized spacial score (nSPS) is 13.7. The van der Waals surface area contributed by atoms with Gasteiger partial charge in [0.2, 0.25) is 0 Å². The average molecular weight is 622 g/mol. The molecule has 3 aromatic carbocycles. The summed E-state index contributed by atoms with van der Waals surface area (Å²) in [6.45, 7) is 1.23. The fourth-order valence-corrected chi connectivity index (χ4v) is 5.27. The number of aromatic nitrogens is 4. The molecule has 0 bridgehead atoms. The van der Waals surface area contributed by atoms with E-state index in [1.54, 1.807) is 15.8 Å². The van der Waals surface area contributed by atoms with Crippen molar-refractivity contribution in [2.24, 2.45) is 7.05 Å². The minimum absolute atomic E-state index is 0.115. The molecule has 1 saturated heterocycles. The van der Waals surface area contributed by atoms with Crippen LogP contribution < -0.4 is 10.1 Å². The van der Waals surface area contributed by atoms with Crippen LogP contribution in [-0.4, -0.2) is 49.9 Å². The molecular weight excluding hydrogens is 594 g/mol. The first-order chi connectivity index (χ1) is 20.9. The van der Waals surface area contributed by atoms with E-state index in [1.807, 2.05) is 55.7 Å². The summed E-state index contributed by atoms with van der Waals surface area (Å²) in [6.07, 6.45) is 5.80. The lowest BCUT2D eigenvalue weighted by Gasteiger charge is -2.32. The number of aryl methyl sites for hydroxylation is 1. The molecule has 0 aliphatic carbocycles. The van der Waals surface area contributed by atoms with Gasteiger partial charge in [-0.1, -0.05) is 53.5 Å². The SMILES string of the molecule is Cn1cc(-c2cc3ncnc(Nc4ccc(Cl)c(Cl)c4F)c3cc2OC2CCN(C(=O)OCc3ccccc3)CC2)cn1. The predicted molar refractivity (Wildman–Crippen MR) is 163 cm³/mol. The first-order valence-corrected chi connectivity index (χ1v) is 14.4. The maximum atomic E-state index is 14.9. The highest BCUT2D eigenvalue weighted by molar-refractivity contribution is 6.42. The number of benzene rings is 3. The number of halogens is 3. The Bertz CT molecular complexity index is 1780. The average Bonchev–Trinajstić information content (AvgIpc) is 3.47. The highest BCUT2D eigenvalue weighted by Gasteiger charge is 2.26. The molecule has 0 spiro atoms. The molecule has 0 radical (unpaired) electrons. The zero-order chi connectivity index (χ0) is 29.9. The van der Waals surface area contributed by atoms with E-state index in [1.165, 1.54) is 18.5 Å². The Labute approximate surface area is 257 Å². The highest BCUT2D eigenvalue weighted by atomic mass is 35.5. The summed E-state index contributed by atoms with van der Waals surface area (Å²) >= 11 is 12.0. The molecule has 5 aromatic rings. The van der Waals surface area contributed by atoms with E-state index in [0.29, 0.717) is 48.4 Å². The number of rotatable bonds is 7. The second-order valence-electron chi connectivity index (χ2n) is 10.2. The summed E-state index contributed by atoms with van der Waals surface area (Å²) in [5.74, 6) is 0.289. The van der Waals surface area contributed by atoms with Crippen molar-refractivity contribution in [1.29, 1.82) is 0 Å². The van der Waals surface area contributed by atoms with E-state index >= 15 is 0 Å². The van der Waals surface area contributed by atoms with Gasteiger partial charge in [0.1, 0.15) is 30.6 Å². The number of fused-ring (bicyclic) bond motifs is 1. The summed E-state index contributed by atoms with van der Waals surface area (Å²) in [6, 6.07) is 16.3. The maximum Gasteiger partial charge on any atom is 0.410 e. The van der Waals surface area contributed by atoms with Gasteiger partial charge in [0.25, 0.3) is 0 Å². The van der Waals surface area contributed by atoms with E-state index in [0.717, 1.165) is 16.7 Å². The molecule has 220 valence electrons. The number of nitrogens with zero attached hydrogens (tertiary/aromatic N) is 5. The largest absolute Gasteiger partial charge is 0.490 e. The van der Waals surface area contributed by atoms with Crippen LogP contribution in [0.5, 0.6) is 5.75 Å². The molecule has 0 unspecified atom stereocenters. The molecular formula is C31H27Cl2FN6O3. The van der Waals surface area contributed by atoms with Gasteiger partial charge in [0.05, 0.1) is 27.4 Å². The summed E-state index contributed by atoms with van der Waals surface area (Å²) < 4.78 is 28.6. The molecule has 12 heteroatoms. The number of anilines is 2. The number of likely N-dealkylation sites (tertiary alicyclic amines) is 1. The number of carbonyl (C=O) groups excluding carboxylic acids is 1. The molecule has 2 aromatic heterocycles. The second-order valence-corrected chi connectivity index (χ2v) is 11.0. The van der Waals surface area contributed by atoms with Crippen LogP contribution in [0.25, 0.3) is 22.0 Å². The van der Waals surface area contributed by atoms with E-state index < -0.39 is 5.82 Å². The third kappa shape index (κ3) is 6.35. The highest BCUT2D eigenvalue weighted by Crippen LogP contribution is 2.38. The minimum atomic E-state index is -0.682. The summed E-state index contributed by atoms with van der Waals surface area (Å²) in [5, 5.41) is 7.90. The maximum absolute atomic E-state index is 14.9. The van der Waals surface area contributed by atoms with Gasteiger partial charge in [-0.3, -0.25) is 4.68 Å². The van der Waals surface area contributed by atoms with Crippen molar-refractivity contribution < 1.29 is 18.7 Å². The smallest absolute Gasteiger partial charge is 0.410 e. The van der Waals surface area contributed by atoms with E-state index in [2.05, 4.69) is 20.4 Å². The quantitative estimate of drug-likeness (QED) is 0.189. The van der Waals surface area contributed by atoms with Crippen LogP contribution in [-0.2, 0) is 18.4 Å². The van der Waals surface area contributed by atoms with Crippen LogP contribution >= 0.6 is 23.2 Å². The van der Waals surface area contributed by atoms with E-state index in [9.17, 15) is 9.18 Å². The van der Waals surface area contributed by atoms with Crippen LogP contribution in [0.4, 0.5) is 20.7 Å². The van der Waals surface area contributed by atoms with Crippen LogP contribution in [0, 0.1) is 5.82 Å². The van der Waals surface area contributed by atoms with Crippen molar-refractivity contribution in [2.75, 3.05) is 18.4 Å². The van der Waals surface area contributed by atoms with Crippen molar-refractivity contribution in [3.63, 3.8) is 0 Å². The third-order valence-electron chi connectivity index (χ3n) is 7.24. The lowest BCUT2D eigenvalue weighted by atomic mass is 10.0. The number of amides is 1. The molecule has 6 rings (SSSR count). The van der Waals surface area contributed by atoms with Gasteiger partial charge >= 0.3 is 6.09 Å². The first-order valence-electron chi connectivity index (χ1n) is 13.7. The number of ether oxygens (including phenoxy) is 2. The van der Waals surface area contributed by atoms with Gasteiger partial charge in [-0.15, -0.1) is 0 Å². The van der Waals surface area contributed by atoms with E-state index in [-0.39, 0.29) is 34.5 Å². The summed E-state index contributed by atoms with van der Waals surface area (Å²) in [7, 11) is 1.84. The summed E-state index contributed by atoms with van der Waals surface area (Å²) in [5.41, 5.74) is 3.34. The number of hydrogen-bond acceptors (Lipinski definition) is 7. The standard InChI is InChI=1S/C31H27Cl2FN6O3/c1-39-16-20(15-37-39)22-13-26-23(30(36-18-35-26)38-25-8-7-24(32)28(33)29(25)34)14-27(22)43-21-9-11-40(12-10-21)31(41)42-17-19-5-3-2-4-6-19/h2-8,13-16,18,21H,9-12,17H2,1H3,(H,35,36,38). The molecule has 9 nitrogen and oxygen atoms in total. The van der Waals surface area contributed by atoms with Gasteiger partial charge in [-0.05, 0) is 29.8 Å². The molecule has 3 heterocycles. The Balaban J connectivity index is 1.23. The summed E-state index contributed by atoms with van der Waals surface area (Å²) in [4.78, 5) is 23.2. The molecule has 1 fully saturated rings. The van der Waals surface area contributed by atoms with Crippen LogP contribution in [0.1, 0.15) is 18.4 Å². The van der Waals surface area contributed by atoms with Crippen LogP contribution in [0.15, 0.2) is 73.3 Å². The number of hydrogen-bond donors (Lipinski definition) is 1. The molecule has 1 amide bonds. The Morgan fingerprint density at radius 1 is 1.09 bits per heavy atom. The van der Waals surface area contributed by atoms with Crippen LogP contribution in [0.3, 0.4) is 0 Å². The molecule has 0 atom stereocenters. The fraction of sp³-hybridized carbons (Fsp3) is 0.226. The Morgan fingerprint density at radius 2 is 1.88 bits per heavy atom. The lowest BCUT2D eigenvalue weighted by Crippen LogP contribution is -2.42. The monoisotopic (exact) mass is 620 g/mol. The third-order valence-corrected chi connectivity index (χ3v) is 8.02. The molecule has 43 heavy (non-hydrogen) atoms. The van der Waals surface area contributed by atoms with Gasteiger partial charge in [-0.2, -0.15) is 5.10 Å². The van der Waals surface area contributed by atoms with Crippen molar-refractivity contribution in [3.8, 4) is 16.9 Å². The zero-order valence-corrected chi connectivity index (χ0v) is 24.6. The first kappa shape index (κ1) is 28.7. The Hall–Kier alpha value is -4.41. The van der Waals surface area contributed by atoms with Gasteiger partial charge in [0.15, 0.2) is 5.82 Å². The second kappa shape index (κ2) is 12.4. The molecule has 1 N–H and O–H groups in total. The zero-order valence-electron chi connectivity index (χ0n) is 23.1. The van der Waals surface area contributed by atoms with E-state index in [4.69, 9.17) is 32.7 Å².